The van der Waals surface area contributed by atoms with Crippen LogP contribution in [0.2, 0.25) is 0 Å². The summed E-state index contributed by atoms with van der Waals surface area (Å²) in [5, 5.41) is 1.22. The molecule has 2 atom stereocenters. The van der Waals surface area contributed by atoms with E-state index >= 15 is 0 Å². The lowest BCUT2D eigenvalue weighted by atomic mass is 9.96. The van der Waals surface area contributed by atoms with Crippen molar-refractivity contribution < 1.29 is 17.9 Å². The molecule has 0 unspecified atom stereocenters. The summed E-state index contributed by atoms with van der Waals surface area (Å²) in [6.07, 6.45) is 1.64. The summed E-state index contributed by atoms with van der Waals surface area (Å²) in [5.41, 5.74) is 1.15. The average Bonchev–Trinajstić information content (AvgIpc) is 3.10. The quantitative estimate of drug-likeness (QED) is 0.562. The van der Waals surface area contributed by atoms with Gasteiger partial charge in [-0.3, -0.25) is 9.69 Å². The Morgan fingerprint density at radius 1 is 1.17 bits per heavy atom. The van der Waals surface area contributed by atoms with E-state index in [0.717, 1.165) is 5.56 Å². The Kier molecular flexibility index (Phi) is 7.27. The summed E-state index contributed by atoms with van der Waals surface area (Å²) in [7, 11) is -3.59. The molecule has 1 aliphatic rings. The highest BCUT2D eigenvalue weighted by Gasteiger charge is 2.37. The van der Waals surface area contributed by atoms with Gasteiger partial charge in [-0.25, -0.2) is 8.42 Å². The van der Waals surface area contributed by atoms with E-state index in [0.29, 0.717) is 30.7 Å². The SMILES string of the molecule is CCOC(=O)[C@@H]1CN(Cc2ccccc2)C[C@H]1/C=C/S(=O)(=O)c1cccc(Br)c1. The Morgan fingerprint density at radius 2 is 1.93 bits per heavy atom. The van der Waals surface area contributed by atoms with Gasteiger partial charge in [0.15, 0.2) is 9.84 Å². The van der Waals surface area contributed by atoms with Crippen molar-refractivity contribution in [3.63, 3.8) is 0 Å². The second-order valence-corrected chi connectivity index (χ2v) is 9.78. The zero-order chi connectivity index (χ0) is 20.9. The Morgan fingerprint density at radius 3 is 2.62 bits per heavy atom. The molecular weight excluding hydrogens is 454 g/mol. The van der Waals surface area contributed by atoms with Crippen LogP contribution in [0.4, 0.5) is 0 Å². The molecule has 0 saturated carbocycles. The summed E-state index contributed by atoms with van der Waals surface area (Å²) < 4.78 is 31.3. The van der Waals surface area contributed by atoms with E-state index < -0.39 is 9.84 Å². The minimum Gasteiger partial charge on any atom is -0.466 e. The van der Waals surface area contributed by atoms with Crippen LogP contribution in [0.25, 0.3) is 0 Å². The number of nitrogens with zero attached hydrogens (tertiary/aromatic N) is 1. The highest BCUT2D eigenvalue weighted by atomic mass is 79.9. The van der Waals surface area contributed by atoms with Crippen LogP contribution < -0.4 is 0 Å². The van der Waals surface area contributed by atoms with Gasteiger partial charge in [-0.05, 0) is 30.7 Å². The Hall–Kier alpha value is -1.96. The summed E-state index contributed by atoms with van der Waals surface area (Å²) >= 11 is 3.30. The molecule has 154 valence electrons. The lowest BCUT2D eigenvalue weighted by Crippen LogP contribution is -2.25. The number of esters is 1. The first-order chi connectivity index (χ1) is 13.9. The first-order valence-corrected chi connectivity index (χ1v) is 11.8. The van der Waals surface area contributed by atoms with E-state index in [1.54, 1.807) is 37.3 Å². The molecule has 0 N–H and O–H groups in total. The molecule has 0 spiro atoms. The van der Waals surface area contributed by atoms with Crippen LogP contribution in [-0.2, 0) is 25.9 Å². The molecule has 5 nitrogen and oxygen atoms in total. The standard InChI is InChI=1S/C22H24BrNO4S/c1-2-28-22(25)21-16-24(14-17-7-4-3-5-8-17)15-18(21)11-12-29(26,27)20-10-6-9-19(23)13-20/h3-13,18,21H,2,14-16H2,1H3/b12-11+/t18-,21-/m1/s1. The van der Waals surface area contributed by atoms with Crippen LogP contribution in [0.15, 0.2) is 75.4 Å². The van der Waals surface area contributed by atoms with E-state index in [4.69, 9.17) is 4.74 Å². The molecule has 1 fully saturated rings. The van der Waals surface area contributed by atoms with Gasteiger partial charge in [0.05, 0.1) is 17.4 Å². The van der Waals surface area contributed by atoms with Crippen molar-refractivity contribution in [1.29, 1.82) is 0 Å². The molecule has 0 bridgehead atoms. The predicted octanol–water partition coefficient (Wildman–Crippen LogP) is 4.05. The van der Waals surface area contributed by atoms with E-state index in [-0.39, 0.29) is 22.7 Å². The zero-order valence-electron chi connectivity index (χ0n) is 16.2. The zero-order valence-corrected chi connectivity index (χ0v) is 18.6. The van der Waals surface area contributed by atoms with E-state index in [9.17, 15) is 13.2 Å². The number of likely N-dealkylation sites (tertiary alicyclic amines) is 1. The third-order valence-electron chi connectivity index (χ3n) is 4.91. The summed E-state index contributed by atoms with van der Waals surface area (Å²) in [4.78, 5) is 14.8. The topological polar surface area (TPSA) is 63.7 Å². The molecular formula is C22H24BrNO4S. The summed E-state index contributed by atoms with van der Waals surface area (Å²) in [5.74, 6) is -0.884. The van der Waals surface area contributed by atoms with Crippen molar-refractivity contribution >= 4 is 31.7 Å². The molecule has 2 aromatic carbocycles. The molecule has 1 aliphatic heterocycles. The van der Waals surface area contributed by atoms with Crippen LogP contribution >= 0.6 is 15.9 Å². The third-order valence-corrected chi connectivity index (χ3v) is 6.83. The minimum atomic E-state index is -3.59. The van der Waals surface area contributed by atoms with Crippen molar-refractivity contribution in [2.45, 2.75) is 18.4 Å². The molecule has 0 radical (unpaired) electrons. The first kappa shape index (κ1) is 21.7. The van der Waals surface area contributed by atoms with Crippen LogP contribution in [-0.4, -0.2) is 39.0 Å². The lowest BCUT2D eigenvalue weighted by Gasteiger charge is -2.15. The molecule has 0 aromatic heterocycles. The average molecular weight is 478 g/mol. The van der Waals surface area contributed by atoms with Gasteiger partial charge < -0.3 is 4.74 Å². The Bertz CT molecular complexity index is 975. The van der Waals surface area contributed by atoms with Gasteiger partial charge in [-0.2, -0.15) is 0 Å². The second-order valence-electron chi connectivity index (χ2n) is 7.03. The molecule has 1 heterocycles. The second kappa shape index (κ2) is 9.69. The molecule has 2 aromatic rings. The number of sulfone groups is 1. The van der Waals surface area contributed by atoms with Crippen LogP contribution in [0.3, 0.4) is 0 Å². The van der Waals surface area contributed by atoms with Gasteiger partial charge in [0, 0.05) is 35.4 Å². The van der Waals surface area contributed by atoms with Crippen molar-refractivity contribution in [2.24, 2.45) is 11.8 Å². The number of rotatable bonds is 7. The highest BCUT2D eigenvalue weighted by molar-refractivity contribution is 9.10. The van der Waals surface area contributed by atoms with Crippen molar-refractivity contribution in [3.05, 3.63) is 76.1 Å². The number of hydrogen-bond acceptors (Lipinski definition) is 5. The maximum atomic E-state index is 12.7. The highest BCUT2D eigenvalue weighted by Crippen LogP contribution is 2.28. The molecule has 3 rings (SSSR count). The molecule has 29 heavy (non-hydrogen) atoms. The third kappa shape index (κ3) is 5.78. The largest absolute Gasteiger partial charge is 0.466 e. The lowest BCUT2D eigenvalue weighted by molar-refractivity contribution is -0.148. The van der Waals surface area contributed by atoms with Crippen molar-refractivity contribution in [2.75, 3.05) is 19.7 Å². The van der Waals surface area contributed by atoms with E-state index in [1.165, 1.54) is 5.41 Å². The van der Waals surface area contributed by atoms with Gasteiger partial charge in [-0.15, -0.1) is 0 Å². The number of carbonyl (C=O) groups excluding carboxylic acids is 1. The molecule has 0 aliphatic carbocycles. The first-order valence-electron chi connectivity index (χ1n) is 9.51. The fourth-order valence-electron chi connectivity index (χ4n) is 3.50. The fraction of sp³-hybridized carbons (Fsp3) is 0.318. The predicted molar refractivity (Wildman–Crippen MR) is 116 cm³/mol. The van der Waals surface area contributed by atoms with E-state index in [1.807, 2.05) is 30.3 Å². The normalized spacial score (nSPS) is 20.2. The Labute approximate surface area is 180 Å². The van der Waals surface area contributed by atoms with Crippen molar-refractivity contribution in [1.82, 2.24) is 4.90 Å². The number of hydrogen-bond donors (Lipinski definition) is 0. The fourth-order valence-corrected chi connectivity index (χ4v) is 5.18. The maximum absolute atomic E-state index is 12.7. The monoisotopic (exact) mass is 477 g/mol. The van der Waals surface area contributed by atoms with Gasteiger partial charge in [0.2, 0.25) is 0 Å². The van der Waals surface area contributed by atoms with Crippen molar-refractivity contribution in [3.8, 4) is 0 Å². The summed E-state index contributed by atoms with van der Waals surface area (Å²) in [6, 6.07) is 16.6. The number of benzene rings is 2. The molecule has 1 saturated heterocycles. The minimum absolute atomic E-state index is 0.218. The van der Waals surface area contributed by atoms with Gasteiger partial charge in [-0.1, -0.05) is 58.4 Å². The van der Waals surface area contributed by atoms with E-state index in [2.05, 4.69) is 20.8 Å². The molecule has 0 amide bonds. The Balaban J connectivity index is 1.78. The van der Waals surface area contributed by atoms with Crippen LogP contribution in [0, 0.1) is 11.8 Å². The number of carbonyl (C=O) groups is 1. The number of ether oxygens (including phenoxy) is 1. The smallest absolute Gasteiger partial charge is 0.310 e. The molecule has 7 heteroatoms. The van der Waals surface area contributed by atoms with Crippen LogP contribution in [0.1, 0.15) is 12.5 Å². The van der Waals surface area contributed by atoms with Gasteiger partial charge >= 0.3 is 5.97 Å². The summed E-state index contributed by atoms with van der Waals surface area (Å²) in [6.45, 7) is 3.93. The maximum Gasteiger partial charge on any atom is 0.310 e. The van der Waals surface area contributed by atoms with Crippen LogP contribution in [0.5, 0.6) is 0 Å². The number of halogens is 1. The van der Waals surface area contributed by atoms with Gasteiger partial charge in [0.25, 0.3) is 0 Å². The van der Waals surface area contributed by atoms with Gasteiger partial charge in [0.1, 0.15) is 0 Å².